The van der Waals surface area contributed by atoms with Crippen molar-refractivity contribution in [1.82, 2.24) is 14.8 Å². The van der Waals surface area contributed by atoms with Gasteiger partial charge in [-0.2, -0.15) is 13.2 Å². The summed E-state index contributed by atoms with van der Waals surface area (Å²) in [4.78, 5) is 25.3. The van der Waals surface area contributed by atoms with E-state index in [0.29, 0.717) is 17.6 Å². The molecule has 4 rings (SSSR count). The van der Waals surface area contributed by atoms with Gasteiger partial charge >= 0.3 is 12.1 Å². The van der Waals surface area contributed by atoms with Gasteiger partial charge < -0.3 is 15.7 Å². The van der Waals surface area contributed by atoms with E-state index in [1.165, 1.54) is 37.1 Å². The van der Waals surface area contributed by atoms with Gasteiger partial charge in [-0.3, -0.25) is 14.3 Å². The second-order valence-electron chi connectivity index (χ2n) is 8.79. The number of aryl methyl sites for hydroxylation is 1. The molecule has 184 valence electrons. The molecule has 1 amide bonds. The zero-order chi connectivity index (χ0) is 24.9. The lowest BCUT2D eigenvalue weighted by Gasteiger charge is -2.44. The summed E-state index contributed by atoms with van der Waals surface area (Å²) in [5.74, 6) is -2.87. The van der Waals surface area contributed by atoms with Gasteiger partial charge in [0.1, 0.15) is 11.7 Å². The highest BCUT2D eigenvalue weighted by Gasteiger charge is 2.48. The number of likely N-dealkylation sites (tertiary alicyclic amines) is 1. The van der Waals surface area contributed by atoms with E-state index in [4.69, 9.17) is 9.90 Å². The lowest BCUT2D eigenvalue weighted by Crippen LogP contribution is -2.60. The molecule has 0 saturated carbocycles. The number of carbonyl (C=O) groups is 2. The van der Waals surface area contributed by atoms with Crippen LogP contribution in [0.3, 0.4) is 0 Å². The van der Waals surface area contributed by atoms with Crippen molar-refractivity contribution in [1.29, 1.82) is 0 Å². The molecule has 2 fully saturated rings. The summed E-state index contributed by atoms with van der Waals surface area (Å²) in [6.07, 6.45) is 2.00. The number of amides is 1. The van der Waals surface area contributed by atoms with Gasteiger partial charge in [0.2, 0.25) is 0 Å². The van der Waals surface area contributed by atoms with Crippen molar-refractivity contribution in [3.05, 3.63) is 53.9 Å². The van der Waals surface area contributed by atoms with Crippen LogP contribution in [0.4, 0.5) is 24.5 Å². The van der Waals surface area contributed by atoms with Gasteiger partial charge in [0.25, 0.3) is 5.91 Å². The number of aliphatic carboxylic acids is 1. The molecular weight excluding hydrogens is 449 g/mol. The maximum atomic E-state index is 12.4. The summed E-state index contributed by atoms with van der Waals surface area (Å²) >= 11 is 0. The number of nitrogens with one attached hydrogen (secondary N) is 2. The molecule has 34 heavy (non-hydrogen) atoms. The van der Waals surface area contributed by atoms with Crippen molar-refractivity contribution >= 4 is 23.3 Å². The Morgan fingerprint density at radius 2 is 1.97 bits per heavy atom. The van der Waals surface area contributed by atoms with Crippen LogP contribution < -0.4 is 15.1 Å². The molecule has 1 aromatic heterocycles. The summed E-state index contributed by atoms with van der Waals surface area (Å²) in [7, 11) is 0. The number of alkyl halides is 3. The second kappa shape index (κ2) is 10.5. The number of benzene rings is 1. The molecule has 0 aliphatic carbocycles. The normalized spacial score (nSPS) is 24.3. The maximum absolute atomic E-state index is 12.4. The zero-order valence-corrected chi connectivity index (χ0v) is 19.2. The van der Waals surface area contributed by atoms with Crippen LogP contribution in [0, 0.1) is 6.92 Å². The molecular formula is C24H30F3N4O3+. The first kappa shape index (κ1) is 25.6. The Morgan fingerprint density at radius 3 is 2.47 bits per heavy atom. The molecule has 2 saturated heterocycles. The lowest BCUT2D eigenvalue weighted by molar-refractivity contribution is -0.192. The van der Waals surface area contributed by atoms with Crippen LogP contribution in [0.25, 0.3) is 0 Å². The van der Waals surface area contributed by atoms with E-state index in [0.717, 1.165) is 23.3 Å². The number of hydrogen-bond donors (Lipinski definition) is 3. The number of anilines is 1. The lowest BCUT2D eigenvalue weighted by atomic mass is 10.0. The number of halogens is 3. The third-order valence-corrected chi connectivity index (χ3v) is 6.69. The van der Waals surface area contributed by atoms with E-state index in [1.807, 2.05) is 0 Å². The standard InChI is InChI=1S/C22H28N4O.C2HF3O2/c1-16-13-19(25-22(27)18-6-3-10-23-14-18)7-8-21(16)26(12-4-5-17(26)2)20-9-11-24-15-20;3-2(4,5)1(6)7/h3,6-8,10,13-14,17,20,24H,4-5,9,11-12,15H2,1-2H3;(H,6,7)/p+1. The van der Waals surface area contributed by atoms with E-state index in [9.17, 15) is 18.0 Å². The van der Waals surface area contributed by atoms with Crippen LogP contribution in [0.2, 0.25) is 0 Å². The average molecular weight is 480 g/mol. The second-order valence-corrected chi connectivity index (χ2v) is 8.79. The Hall–Kier alpha value is -2.98. The van der Waals surface area contributed by atoms with Crippen molar-refractivity contribution in [2.24, 2.45) is 0 Å². The number of carboxylic acids is 1. The van der Waals surface area contributed by atoms with Crippen molar-refractivity contribution in [3.63, 3.8) is 0 Å². The monoisotopic (exact) mass is 479 g/mol. The number of aromatic nitrogens is 1. The number of pyridine rings is 1. The fraction of sp³-hybridized carbons (Fsp3) is 0.458. The molecule has 2 aromatic rings. The van der Waals surface area contributed by atoms with E-state index in [-0.39, 0.29) is 5.91 Å². The predicted molar refractivity (Wildman–Crippen MR) is 124 cm³/mol. The topological polar surface area (TPSA) is 91.3 Å². The van der Waals surface area contributed by atoms with Gasteiger partial charge in [-0.1, -0.05) is 0 Å². The van der Waals surface area contributed by atoms with Crippen LogP contribution in [0.5, 0.6) is 0 Å². The van der Waals surface area contributed by atoms with Gasteiger partial charge in [0.05, 0.1) is 18.2 Å². The number of hydrogen-bond acceptors (Lipinski definition) is 4. The van der Waals surface area contributed by atoms with Crippen molar-refractivity contribution in [3.8, 4) is 0 Å². The Morgan fingerprint density at radius 1 is 1.24 bits per heavy atom. The molecule has 0 radical (unpaired) electrons. The number of carboxylic acid groups (broad SMARTS) is 1. The summed E-state index contributed by atoms with van der Waals surface area (Å²) in [6, 6.07) is 11.3. The van der Waals surface area contributed by atoms with Gasteiger partial charge in [0, 0.05) is 62.1 Å². The van der Waals surface area contributed by atoms with Crippen molar-refractivity contribution < 1.29 is 27.9 Å². The first-order valence-electron chi connectivity index (χ1n) is 11.3. The van der Waals surface area contributed by atoms with Gasteiger partial charge in [-0.25, -0.2) is 4.79 Å². The molecule has 10 heteroatoms. The highest BCUT2D eigenvalue weighted by Crippen LogP contribution is 2.41. The fourth-order valence-corrected chi connectivity index (χ4v) is 5.13. The van der Waals surface area contributed by atoms with Crippen LogP contribution in [0.1, 0.15) is 42.1 Å². The van der Waals surface area contributed by atoms with Gasteiger partial charge in [0.15, 0.2) is 0 Å². The first-order valence-corrected chi connectivity index (χ1v) is 11.3. The number of rotatable bonds is 4. The van der Waals surface area contributed by atoms with E-state index in [1.54, 1.807) is 24.5 Å². The number of carbonyl (C=O) groups excluding carboxylic acids is 1. The summed E-state index contributed by atoms with van der Waals surface area (Å²) in [5.41, 5.74) is 4.11. The third kappa shape index (κ3) is 5.56. The highest BCUT2D eigenvalue weighted by atomic mass is 19.4. The molecule has 3 atom stereocenters. The largest absolute Gasteiger partial charge is 0.490 e. The predicted octanol–water partition coefficient (Wildman–Crippen LogP) is 4.13. The van der Waals surface area contributed by atoms with E-state index >= 15 is 0 Å². The first-order chi connectivity index (χ1) is 16.1. The minimum atomic E-state index is -5.08. The molecule has 3 unspecified atom stereocenters. The molecule has 0 spiro atoms. The van der Waals surface area contributed by atoms with Crippen LogP contribution in [-0.2, 0) is 4.79 Å². The van der Waals surface area contributed by atoms with Gasteiger partial charge in [-0.05, 0) is 38.1 Å². The minimum Gasteiger partial charge on any atom is -0.475 e. The Kier molecular flexibility index (Phi) is 7.93. The summed E-state index contributed by atoms with van der Waals surface area (Å²) < 4.78 is 32.8. The van der Waals surface area contributed by atoms with Crippen molar-refractivity contribution in [2.45, 2.75) is 51.4 Å². The Balaban J connectivity index is 0.000000406. The fourth-order valence-electron chi connectivity index (χ4n) is 5.13. The van der Waals surface area contributed by atoms with Crippen LogP contribution >= 0.6 is 0 Å². The maximum Gasteiger partial charge on any atom is 0.490 e. The van der Waals surface area contributed by atoms with Gasteiger partial charge in [-0.15, -0.1) is 0 Å². The molecule has 3 heterocycles. The minimum absolute atomic E-state index is 0.117. The Bertz CT molecular complexity index is 1010. The smallest absolute Gasteiger partial charge is 0.475 e. The molecule has 2 aliphatic heterocycles. The molecule has 3 N–H and O–H groups in total. The quantitative estimate of drug-likeness (QED) is 0.574. The molecule has 0 bridgehead atoms. The summed E-state index contributed by atoms with van der Waals surface area (Å²) in [5, 5.41) is 13.7. The van der Waals surface area contributed by atoms with E-state index < -0.39 is 12.1 Å². The van der Waals surface area contributed by atoms with Crippen molar-refractivity contribution in [2.75, 3.05) is 25.0 Å². The van der Waals surface area contributed by atoms with Crippen LogP contribution in [-0.4, -0.2) is 59.9 Å². The zero-order valence-electron chi connectivity index (χ0n) is 19.2. The van der Waals surface area contributed by atoms with Crippen LogP contribution in [0.15, 0.2) is 42.7 Å². The average Bonchev–Trinajstić information content (AvgIpc) is 3.45. The SMILES string of the molecule is Cc1cc(NC(=O)c2cccnc2)ccc1[N+]1(C2CCNC2)CCCC1C.O=C(O)C(F)(F)F. The molecule has 1 aromatic carbocycles. The highest BCUT2D eigenvalue weighted by molar-refractivity contribution is 6.04. The number of quaternary nitrogens is 1. The molecule has 7 nitrogen and oxygen atoms in total. The third-order valence-electron chi connectivity index (χ3n) is 6.69. The molecule has 2 aliphatic rings. The Labute approximate surface area is 196 Å². The number of nitrogens with zero attached hydrogens (tertiary/aromatic N) is 2. The van der Waals surface area contributed by atoms with E-state index in [2.05, 4.69) is 47.7 Å². The summed E-state index contributed by atoms with van der Waals surface area (Å²) in [6.45, 7) is 8.03.